The minimum atomic E-state index is -0.322. The third kappa shape index (κ3) is 2.92. The first kappa shape index (κ1) is 14.8. The number of carbonyl (C=O) groups excluding carboxylic acids is 2. The van der Waals surface area contributed by atoms with Gasteiger partial charge in [0, 0.05) is 38.3 Å². The van der Waals surface area contributed by atoms with Crippen LogP contribution >= 0.6 is 0 Å². The Hall–Kier alpha value is -2.08. The number of nitrogens with zero attached hydrogens (tertiary/aromatic N) is 1. The van der Waals surface area contributed by atoms with Crippen LogP contribution in [0.3, 0.4) is 0 Å². The maximum Gasteiger partial charge on any atom is 0.325 e. The van der Waals surface area contributed by atoms with Crippen molar-refractivity contribution in [2.24, 2.45) is 0 Å². The fourth-order valence-corrected chi connectivity index (χ4v) is 3.13. The van der Waals surface area contributed by atoms with Crippen molar-refractivity contribution in [3.63, 3.8) is 0 Å². The molecule has 2 aliphatic rings. The van der Waals surface area contributed by atoms with Crippen molar-refractivity contribution < 1.29 is 14.3 Å². The lowest BCUT2D eigenvalue weighted by Gasteiger charge is -2.38. The Morgan fingerprint density at radius 1 is 1.27 bits per heavy atom. The molecule has 1 aromatic rings. The minimum absolute atomic E-state index is 0.120. The van der Waals surface area contributed by atoms with Crippen molar-refractivity contribution in [2.45, 2.75) is 18.3 Å². The van der Waals surface area contributed by atoms with Crippen molar-refractivity contribution >= 4 is 12.1 Å². The van der Waals surface area contributed by atoms with E-state index in [0.29, 0.717) is 32.8 Å². The van der Waals surface area contributed by atoms with Gasteiger partial charge >= 0.3 is 12.1 Å². The van der Waals surface area contributed by atoms with E-state index in [9.17, 15) is 9.59 Å². The van der Waals surface area contributed by atoms with Gasteiger partial charge in [0.2, 0.25) is 0 Å². The topological polar surface area (TPSA) is 70.7 Å². The van der Waals surface area contributed by atoms with E-state index in [4.69, 9.17) is 4.74 Å². The zero-order chi connectivity index (χ0) is 15.4. The van der Waals surface area contributed by atoms with E-state index in [0.717, 1.165) is 12.8 Å². The van der Waals surface area contributed by atoms with Crippen LogP contribution < -0.4 is 10.6 Å². The lowest BCUT2D eigenvalue weighted by atomic mass is 9.74. The highest BCUT2D eigenvalue weighted by Crippen LogP contribution is 2.34. The highest BCUT2D eigenvalue weighted by Gasteiger charge is 2.36. The van der Waals surface area contributed by atoms with Crippen molar-refractivity contribution in [1.82, 2.24) is 15.5 Å². The van der Waals surface area contributed by atoms with E-state index in [1.807, 2.05) is 18.2 Å². The zero-order valence-electron chi connectivity index (χ0n) is 12.5. The van der Waals surface area contributed by atoms with Crippen LogP contribution in [0.15, 0.2) is 30.3 Å². The molecule has 0 bridgehead atoms. The van der Waals surface area contributed by atoms with E-state index in [1.165, 1.54) is 10.5 Å². The smallest absolute Gasteiger partial charge is 0.325 e. The Morgan fingerprint density at radius 2 is 2.00 bits per heavy atom. The summed E-state index contributed by atoms with van der Waals surface area (Å²) in [6.45, 7) is 2.84. The number of hydrogen-bond acceptors (Lipinski definition) is 3. The summed E-state index contributed by atoms with van der Waals surface area (Å²) in [4.78, 5) is 25.0. The molecule has 6 nitrogen and oxygen atoms in total. The Morgan fingerprint density at radius 3 is 2.64 bits per heavy atom. The van der Waals surface area contributed by atoms with Crippen LogP contribution in [0.2, 0.25) is 0 Å². The van der Waals surface area contributed by atoms with Crippen LogP contribution in [0.4, 0.5) is 9.59 Å². The van der Waals surface area contributed by atoms with Crippen LogP contribution in [0.25, 0.3) is 0 Å². The van der Waals surface area contributed by atoms with Gasteiger partial charge in [0.25, 0.3) is 0 Å². The maximum atomic E-state index is 12.2. The number of rotatable bonds is 3. The average Bonchev–Trinajstić information content (AvgIpc) is 3.00. The molecule has 0 atom stereocenters. The maximum absolute atomic E-state index is 12.2. The normalized spacial score (nSPS) is 20.5. The molecule has 2 saturated heterocycles. The number of hydrogen-bond donors (Lipinski definition) is 2. The molecule has 118 valence electrons. The number of ether oxygens (including phenoxy) is 1. The van der Waals surface area contributed by atoms with Crippen LogP contribution in [0.5, 0.6) is 0 Å². The SMILES string of the molecule is O=C1NCCN1C(=O)NCC1(c2ccccc2)CCOCC1. The second-order valence-corrected chi connectivity index (χ2v) is 5.80. The number of urea groups is 2. The number of amides is 4. The van der Waals surface area contributed by atoms with Gasteiger partial charge in [-0.2, -0.15) is 0 Å². The van der Waals surface area contributed by atoms with Gasteiger partial charge < -0.3 is 15.4 Å². The monoisotopic (exact) mass is 303 g/mol. The Bertz CT molecular complexity index is 541. The summed E-state index contributed by atoms with van der Waals surface area (Å²) in [6.07, 6.45) is 1.73. The highest BCUT2D eigenvalue weighted by molar-refractivity contribution is 5.94. The van der Waals surface area contributed by atoms with Gasteiger partial charge in [-0.1, -0.05) is 30.3 Å². The minimum Gasteiger partial charge on any atom is -0.381 e. The van der Waals surface area contributed by atoms with Crippen molar-refractivity contribution in [3.05, 3.63) is 35.9 Å². The highest BCUT2D eigenvalue weighted by atomic mass is 16.5. The summed E-state index contributed by atoms with van der Waals surface area (Å²) in [5, 5.41) is 5.57. The third-order valence-corrected chi connectivity index (χ3v) is 4.52. The van der Waals surface area contributed by atoms with Gasteiger partial charge in [-0.25, -0.2) is 14.5 Å². The average molecular weight is 303 g/mol. The number of imide groups is 1. The predicted molar refractivity (Wildman–Crippen MR) is 81.7 cm³/mol. The molecule has 4 amide bonds. The van der Waals surface area contributed by atoms with Gasteiger partial charge in [0.05, 0.1) is 0 Å². The zero-order valence-corrected chi connectivity index (χ0v) is 12.5. The molecular weight excluding hydrogens is 282 g/mol. The lowest BCUT2D eigenvalue weighted by molar-refractivity contribution is 0.0503. The van der Waals surface area contributed by atoms with E-state index < -0.39 is 0 Å². The van der Waals surface area contributed by atoms with Crippen molar-refractivity contribution in [2.75, 3.05) is 32.8 Å². The Labute approximate surface area is 129 Å². The standard InChI is InChI=1S/C16H21N3O3/c20-14-17-8-9-19(14)15(21)18-12-16(6-10-22-11-7-16)13-4-2-1-3-5-13/h1-5H,6-12H2,(H,17,20)(H,18,21). The second-order valence-electron chi connectivity index (χ2n) is 5.80. The van der Waals surface area contributed by atoms with Gasteiger partial charge in [0.15, 0.2) is 0 Å². The van der Waals surface area contributed by atoms with Crippen molar-refractivity contribution in [1.29, 1.82) is 0 Å². The third-order valence-electron chi connectivity index (χ3n) is 4.52. The first-order chi connectivity index (χ1) is 10.7. The molecule has 2 N–H and O–H groups in total. The van der Waals surface area contributed by atoms with Gasteiger partial charge in [0.1, 0.15) is 0 Å². The fraction of sp³-hybridized carbons (Fsp3) is 0.500. The summed E-state index contributed by atoms with van der Waals surface area (Å²) >= 11 is 0. The molecule has 0 saturated carbocycles. The molecule has 3 rings (SSSR count). The number of nitrogens with one attached hydrogen (secondary N) is 2. The first-order valence-electron chi connectivity index (χ1n) is 7.68. The molecule has 0 radical (unpaired) electrons. The second kappa shape index (κ2) is 6.36. The van der Waals surface area contributed by atoms with Crippen molar-refractivity contribution in [3.8, 4) is 0 Å². The van der Waals surface area contributed by atoms with E-state index in [-0.39, 0.29) is 17.5 Å². The Kier molecular flexibility index (Phi) is 4.29. The largest absolute Gasteiger partial charge is 0.381 e. The molecule has 0 unspecified atom stereocenters. The molecule has 0 spiro atoms. The molecule has 2 fully saturated rings. The molecule has 2 aliphatic heterocycles. The summed E-state index contributed by atoms with van der Waals surface area (Å²) in [5.41, 5.74) is 1.09. The number of carbonyl (C=O) groups is 2. The quantitative estimate of drug-likeness (QED) is 0.888. The number of benzene rings is 1. The van der Waals surface area contributed by atoms with Crippen LogP contribution in [-0.2, 0) is 10.2 Å². The lowest BCUT2D eigenvalue weighted by Crippen LogP contribution is -2.49. The van der Waals surface area contributed by atoms with Crippen LogP contribution in [0.1, 0.15) is 18.4 Å². The van der Waals surface area contributed by atoms with E-state index >= 15 is 0 Å². The molecule has 2 heterocycles. The van der Waals surface area contributed by atoms with Gasteiger partial charge in [-0.3, -0.25) is 0 Å². The first-order valence-corrected chi connectivity index (χ1v) is 7.68. The summed E-state index contributed by atoms with van der Waals surface area (Å²) in [6, 6.07) is 9.57. The van der Waals surface area contributed by atoms with Crippen LogP contribution in [0, 0.1) is 0 Å². The summed E-state index contributed by atoms with van der Waals surface area (Å²) < 4.78 is 5.48. The molecule has 1 aromatic carbocycles. The van der Waals surface area contributed by atoms with Gasteiger partial charge in [-0.05, 0) is 18.4 Å². The summed E-state index contributed by atoms with van der Waals surface area (Å²) in [7, 11) is 0. The predicted octanol–water partition coefficient (Wildman–Crippen LogP) is 1.47. The molecule has 6 heteroatoms. The summed E-state index contributed by atoms with van der Waals surface area (Å²) in [5.74, 6) is 0. The molecular formula is C16H21N3O3. The molecule has 0 aliphatic carbocycles. The molecule has 0 aromatic heterocycles. The van der Waals surface area contributed by atoms with E-state index in [2.05, 4.69) is 22.8 Å². The Balaban J connectivity index is 1.71. The molecule has 22 heavy (non-hydrogen) atoms. The van der Waals surface area contributed by atoms with Gasteiger partial charge in [-0.15, -0.1) is 0 Å². The van der Waals surface area contributed by atoms with Crippen LogP contribution in [-0.4, -0.2) is 49.8 Å². The van der Waals surface area contributed by atoms with E-state index in [1.54, 1.807) is 0 Å². The fourth-order valence-electron chi connectivity index (χ4n) is 3.13.